The van der Waals surface area contributed by atoms with Crippen molar-refractivity contribution in [1.29, 1.82) is 0 Å². The summed E-state index contributed by atoms with van der Waals surface area (Å²) in [4.78, 5) is 0. The lowest BCUT2D eigenvalue weighted by Crippen LogP contribution is -2.32. The number of rotatable bonds is 4. The summed E-state index contributed by atoms with van der Waals surface area (Å²) in [6, 6.07) is 2.10. The minimum absolute atomic E-state index is 0.0628. The molecule has 1 aliphatic carbocycles. The Morgan fingerprint density at radius 3 is 2.22 bits per heavy atom. The highest BCUT2D eigenvalue weighted by Crippen LogP contribution is 2.54. The van der Waals surface area contributed by atoms with Gasteiger partial charge in [-0.05, 0) is 43.9 Å². The van der Waals surface area contributed by atoms with Crippen LogP contribution >= 0.6 is 11.6 Å². The SMILES string of the molecule is COc1c(Cl)cc(C2(C(C)N)CC2)c(C)c1OC. The Hall–Kier alpha value is -0.930. The molecule has 1 unspecified atom stereocenters. The van der Waals surface area contributed by atoms with Crippen LogP contribution in [-0.2, 0) is 5.41 Å². The van der Waals surface area contributed by atoms with Gasteiger partial charge in [-0.25, -0.2) is 0 Å². The molecule has 0 aliphatic heterocycles. The summed E-state index contributed by atoms with van der Waals surface area (Å²) in [7, 11) is 3.23. The fraction of sp³-hybridized carbons (Fsp3) is 0.571. The van der Waals surface area contributed by atoms with E-state index in [4.69, 9.17) is 26.8 Å². The van der Waals surface area contributed by atoms with Crippen LogP contribution in [0.2, 0.25) is 5.02 Å². The molecule has 1 atom stereocenters. The van der Waals surface area contributed by atoms with E-state index in [9.17, 15) is 0 Å². The summed E-state index contributed by atoms with van der Waals surface area (Å²) < 4.78 is 10.7. The first kappa shape index (κ1) is 13.5. The van der Waals surface area contributed by atoms with E-state index in [1.54, 1.807) is 14.2 Å². The Balaban J connectivity index is 2.61. The third-order valence-electron chi connectivity index (χ3n) is 4.04. The Kier molecular flexibility index (Phi) is 3.47. The quantitative estimate of drug-likeness (QED) is 0.914. The zero-order chi connectivity index (χ0) is 13.5. The van der Waals surface area contributed by atoms with Crippen molar-refractivity contribution < 1.29 is 9.47 Å². The van der Waals surface area contributed by atoms with Crippen LogP contribution in [0.4, 0.5) is 0 Å². The van der Waals surface area contributed by atoms with Crippen LogP contribution in [0.25, 0.3) is 0 Å². The Morgan fingerprint density at radius 1 is 1.28 bits per heavy atom. The summed E-state index contributed by atoms with van der Waals surface area (Å²) in [5.74, 6) is 1.31. The van der Waals surface area contributed by atoms with Gasteiger partial charge in [-0.15, -0.1) is 0 Å². The summed E-state index contributed by atoms with van der Waals surface area (Å²) in [5.41, 5.74) is 8.47. The molecule has 0 spiro atoms. The molecule has 1 aromatic carbocycles. The number of hydrogen-bond donors (Lipinski definition) is 1. The fourth-order valence-corrected chi connectivity index (χ4v) is 3.03. The number of ether oxygens (including phenoxy) is 2. The zero-order valence-corrected chi connectivity index (χ0v) is 12.1. The third kappa shape index (κ3) is 1.86. The van der Waals surface area contributed by atoms with E-state index in [0.717, 1.165) is 18.4 Å². The maximum absolute atomic E-state index is 6.28. The van der Waals surface area contributed by atoms with Crippen LogP contribution in [0.3, 0.4) is 0 Å². The highest BCUT2D eigenvalue weighted by molar-refractivity contribution is 6.32. The number of hydrogen-bond acceptors (Lipinski definition) is 3. The average molecular weight is 270 g/mol. The first-order valence-electron chi connectivity index (χ1n) is 6.15. The molecule has 3 nitrogen and oxygen atoms in total. The highest BCUT2D eigenvalue weighted by atomic mass is 35.5. The van der Waals surface area contributed by atoms with E-state index in [-0.39, 0.29) is 11.5 Å². The lowest BCUT2D eigenvalue weighted by Gasteiger charge is -2.25. The maximum atomic E-state index is 6.28. The number of nitrogens with two attached hydrogens (primary N) is 1. The molecule has 1 aliphatic rings. The molecule has 2 rings (SSSR count). The molecule has 0 bridgehead atoms. The van der Waals surface area contributed by atoms with Crippen molar-refractivity contribution >= 4 is 11.6 Å². The van der Waals surface area contributed by atoms with Gasteiger partial charge < -0.3 is 15.2 Å². The van der Waals surface area contributed by atoms with Crippen LogP contribution < -0.4 is 15.2 Å². The number of halogens is 1. The van der Waals surface area contributed by atoms with Gasteiger partial charge in [0.05, 0.1) is 19.2 Å². The predicted octanol–water partition coefficient (Wildman–Crippen LogP) is 3.04. The summed E-state index contributed by atoms with van der Waals surface area (Å²) >= 11 is 6.28. The smallest absolute Gasteiger partial charge is 0.179 e. The lowest BCUT2D eigenvalue weighted by molar-refractivity contribution is 0.351. The van der Waals surface area contributed by atoms with E-state index in [0.29, 0.717) is 16.5 Å². The Labute approximate surface area is 113 Å². The molecule has 0 amide bonds. The second-order valence-corrected chi connectivity index (χ2v) is 5.45. The van der Waals surface area contributed by atoms with Gasteiger partial charge in [0, 0.05) is 11.5 Å². The van der Waals surface area contributed by atoms with Crippen LogP contribution in [0.15, 0.2) is 6.07 Å². The molecule has 1 saturated carbocycles. The largest absolute Gasteiger partial charge is 0.493 e. The molecular formula is C14H20ClNO2. The predicted molar refractivity (Wildman–Crippen MR) is 73.9 cm³/mol. The van der Waals surface area contributed by atoms with Gasteiger partial charge in [-0.2, -0.15) is 0 Å². The summed E-state index contributed by atoms with van der Waals surface area (Å²) in [6.45, 7) is 4.09. The normalized spacial score (nSPS) is 18.3. The molecule has 1 aromatic rings. The van der Waals surface area contributed by atoms with Gasteiger partial charge in [0.2, 0.25) is 0 Å². The van der Waals surface area contributed by atoms with Crippen LogP contribution in [-0.4, -0.2) is 20.3 Å². The van der Waals surface area contributed by atoms with E-state index < -0.39 is 0 Å². The second-order valence-electron chi connectivity index (χ2n) is 5.04. The maximum Gasteiger partial charge on any atom is 0.179 e. The van der Waals surface area contributed by atoms with Crippen molar-refractivity contribution in [3.05, 3.63) is 22.2 Å². The topological polar surface area (TPSA) is 44.5 Å². The van der Waals surface area contributed by atoms with Crippen molar-refractivity contribution in [3.8, 4) is 11.5 Å². The molecule has 1 fully saturated rings. The van der Waals surface area contributed by atoms with Crippen LogP contribution in [0.5, 0.6) is 11.5 Å². The molecular weight excluding hydrogens is 250 g/mol. The number of methoxy groups -OCH3 is 2. The van der Waals surface area contributed by atoms with Crippen LogP contribution in [0, 0.1) is 6.92 Å². The molecule has 100 valence electrons. The molecule has 4 heteroatoms. The fourth-order valence-electron chi connectivity index (χ4n) is 2.76. The van der Waals surface area contributed by atoms with Gasteiger partial charge in [0.15, 0.2) is 11.5 Å². The van der Waals surface area contributed by atoms with Crippen LogP contribution in [0.1, 0.15) is 30.9 Å². The first-order chi connectivity index (χ1) is 8.47. The minimum atomic E-state index is 0.0628. The van der Waals surface area contributed by atoms with Gasteiger partial charge in [-0.3, -0.25) is 0 Å². The summed E-state index contributed by atoms with van der Waals surface area (Å²) in [5, 5.41) is 0.585. The molecule has 0 aromatic heterocycles. The van der Waals surface area contributed by atoms with Crippen molar-refractivity contribution in [2.45, 2.75) is 38.1 Å². The zero-order valence-electron chi connectivity index (χ0n) is 11.3. The van der Waals surface area contributed by atoms with E-state index >= 15 is 0 Å². The van der Waals surface area contributed by atoms with Crippen molar-refractivity contribution in [1.82, 2.24) is 0 Å². The van der Waals surface area contributed by atoms with E-state index in [1.165, 1.54) is 5.56 Å². The van der Waals surface area contributed by atoms with Crippen molar-refractivity contribution in [2.24, 2.45) is 5.73 Å². The van der Waals surface area contributed by atoms with E-state index in [2.05, 4.69) is 6.92 Å². The van der Waals surface area contributed by atoms with Crippen molar-refractivity contribution in [3.63, 3.8) is 0 Å². The van der Waals surface area contributed by atoms with Gasteiger partial charge in [-0.1, -0.05) is 11.6 Å². The molecule has 0 heterocycles. The van der Waals surface area contributed by atoms with E-state index in [1.807, 2.05) is 13.0 Å². The first-order valence-corrected chi connectivity index (χ1v) is 6.53. The van der Waals surface area contributed by atoms with Gasteiger partial charge in [0.1, 0.15) is 0 Å². The molecule has 2 N–H and O–H groups in total. The average Bonchev–Trinajstić information content (AvgIpc) is 3.12. The standard InChI is InChI=1S/C14H20ClNO2/c1-8-10(14(5-6-14)9(2)16)7-11(15)13(18-4)12(8)17-3/h7,9H,5-6,16H2,1-4H3. The van der Waals surface area contributed by atoms with Crippen molar-refractivity contribution in [2.75, 3.05) is 14.2 Å². The monoisotopic (exact) mass is 269 g/mol. The molecule has 18 heavy (non-hydrogen) atoms. The Morgan fingerprint density at radius 2 is 1.83 bits per heavy atom. The highest BCUT2D eigenvalue weighted by Gasteiger charge is 2.49. The van der Waals surface area contributed by atoms with Gasteiger partial charge in [0.25, 0.3) is 0 Å². The number of benzene rings is 1. The third-order valence-corrected chi connectivity index (χ3v) is 4.32. The minimum Gasteiger partial charge on any atom is -0.493 e. The van der Waals surface area contributed by atoms with Gasteiger partial charge >= 0.3 is 0 Å². The Bertz CT molecular complexity index is 467. The molecule has 0 radical (unpaired) electrons. The molecule has 0 saturated heterocycles. The summed E-state index contributed by atoms with van der Waals surface area (Å²) in [6.07, 6.45) is 2.22. The lowest BCUT2D eigenvalue weighted by atomic mass is 9.86. The second kappa shape index (κ2) is 4.63.